The van der Waals surface area contributed by atoms with Crippen LogP contribution in [0.5, 0.6) is 0 Å². The molecule has 0 bridgehead atoms. The number of carboxylic acids is 1. The van der Waals surface area contributed by atoms with E-state index in [1.54, 1.807) is 0 Å². The largest absolute Gasteiger partial charge is 0.480 e. The second-order valence-electron chi connectivity index (χ2n) is 8.17. The number of nitrogens with two attached hydrogens (primary N) is 2. The molecule has 0 aliphatic rings. The number of carbonyl (C=O) groups excluding carboxylic acids is 3. The highest BCUT2D eigenvalue weighted by molar-refractivity contribution is 5.93. The molecule has 1 aromatic rings. The molecule has 1 heterocycles. The van der Waals surface area contributed by atoms with Gasteiger partial charge in [0.2, 0.25) is 17.7 Å². The molecule has 1 aromatic heterocycles. The molecule has 12 heteroatoms. The quantitative estimate of drug-likeness (QED) is 0.159. The first kappa shape index (κ1) is 28.0. The van der Waals surface area contributed by atoms with E-state index in [4.69, 9.17) is 11.5 Å². The van der Waals surface area contributed by atoms with Crippen LogP contribution < -0.4 is 27.4 Å². The summed E-state index contributed by atoms with van der Waals surface area (Å²) < 4.78 is 0. The molecule has 12 nitrogen and oxygen atoms in total. The van der Waals surface area contributed by atoms with Gasteiger partial charge in [0.25, 0.3) is 0 Å². The standard InChI is InChI=1S/C21H37N7O5/c1-4-12(2)17(23)20(31)26-13(3)18(29)27-15(7-5-6-8-22)19(30)28-16(21(32)33)9-14-10-24-11-25-14/h10-13,15-17H,4-9,22-23H2,1-3H3,(H,24,25)(H,26,31)(H,27,29)(H,28,30)(H,32,33). The van der Waals surface area contributed by atoms with Gasteiger partial charge in [-0.25, -0.2) is 9.78 Å². The fourth-order valence-corrected chi connectivity index (χ4v) is 3.03. The van der Waals surface area contributed by atoms with Crippen LogP contribution in [-0.2, 0) is 25.6 Å². The monoisotopic (exact) mass is 467 g/mol. The normalized spacial score (nSPS) is 15.5. The summed E-state index contributed by atoms with van der Waals surface area (Å²) in [5.74, 6) is -2.95. The molecule has 0 saturated heterocycles. The number of aromatic amines is 1. The fourth-order valence-electron chi connectivity index (χ4n) is 3.03. The maximum atomic E-state index is 12.8. The Morgan fingerprint density at radius 3 is 2.27 bits per heavy atom. The second kappa shape index (κ2) is 14.2. The zero-order valence-corrected chi connectivity index (χ0v) is 19.5. The summed E-state index contributed by atoms with van der Waals surface area (Å²) in [6, 6.07) is -3.89. The van der Waals surface area contributed by atoms with E-state index in [2.05, 4.69) is 25.9 Å². The van der Waals surface area contributed by atoms with E-state index in [-0.39, 0.29) is 18.8 Å². The van der Waals surface area contributed by atoms with Crippen LogP contribution in [0.1, 0.15) is 52.1 Å². The molecule has 1 rings (SSSR count). The van der Waals surface area contributed by atoms with E-state index in [9.17, 15) is 24.3 Å². The smallest absolute Gasteiger partial charge is 0.326 e. The van der Waals surface area contributed by atoms with E-state index >= 15 is 0 Å². The van der Waals surface area contributed by atoms with Gasteiger partial charge in [0.15, 0.2) is 0 Å². The van der Waals surface area contributed by atoms with Gasteiger partial charge >= 0.3 is 5.97 Å². The van der Waals surface area contributed by atoms with E-state index in [0.717, 1.165) is 0 Å². The van der Waals surface area contributed by atoms with Crippen LogP contribution in [0.4, 0.5) is 0 Å². The average molecular weight is 468 g/mol. The number of H-pyrrole nitrogens is 1. The number of aliphatic carboxylic acids is 1. The van der Waals surface area contributed by atoms with Crippen LogP contribution >= 0.6 is 0 Å². The molecule has 3 amide bonds. The van der Waals surface area contributed by atoms with Crippen molar-refractivity contribution in [2.24, 2.45) is 17.4 Å². The molecular formula is C21H37N7O5. The molecule has 5 atom stereocenters. The van der Waals surface area contributed by atoms with E-state index in [1.165, 1.54) is 19.4 Å². The molecule has 0 radical (unpaired) electrons. The van der Waals surface area contributed by atoms with Crippen molar-refractivity contribution in [3.63, 3.8) is 0 Å². The maximum Gasteiger partial charge on any atom is 0.326 e. The summed E-state index contributed by atoms with van der Waals surface area (Å²) in [6.45, 7) is 5.66. The van der Waals surface area contributed by atoms with Crippen LogP contribution in [0.15, 0.2) is 12.5 Å². The Hall–Kier alpha value is -2.99. The summed E-state index contributed by atoms with van der Waals surface area (Å²) in [7, 11) is 0. The first-order valence-corrected chi connectivity index (χ1v) is 11.2. The minimum Gasteiger partial charge on any atom is -0.480 e. The molecule has 33 heavy (non-hydrogen) atoms. The number of amides is 3. The van der Waals surface area contributed by atoms with Crippen molar-refractivity contribution in [2.45, 2.75) is 77.0 Å². The molecule has 9 N–H and O–H groups in total. The number of imidazole rings is 1. The number of hydrogen-bond donors (Lipinski definition) is 7. The molecule has 0 aliphatic carbocycles. The summed E-state index contributed by atoms with van der Waals surface area (Å²) in [5.41, 5.74) is 12.0. The van der Waals surface area contributed by atoms with Crippen molar-refractivity contribution < 1.29 is 24.3 Å². The topological polar surface area (TPSA) is 205 Å². The van der Waals surface area contributed by atoms with Crippen molar-refractivity contribution in [1.29, 1.82) is 0 Å². The Kier molecular flexibility index (Phi) is 12.1. The molecule has 0 spiro atoms. The Labute approximate surface area is 193 Å². The highest BCUT2D eigenvalue weighted by atomic mass is 16.4. The van der Waals surface area contributed by atoms with Gasteiger partial charge in [-0.05, 0) is 38.6 Å². The number of nitrogens with zero attached hydrogens (tertiary/aromatic N) is 1. The van der Waals surface area contributed by atoms with Gasteiger partial charge in [-0.15, -0.1) is 0 Å². The van der Waals surface area contributed by atoms with Crippen LogP contribution in [0, 0.1) is 5.92 Å². The van der Waals surface area contributed by atoms with E-state index in [1.807, 2.05) is 13.8 Å². The molecule has 0 saturated carbocycles. The minimum atomic E-state index is -1.22. The molecule has 0 aromatic carbocycles. The number of unbranched alkanes of at least 4 members (excludes halogenated alkanes) is 1. The summed E-state index contributed by atoms with van der Waals surface area (Å²) >= 11 is 0. The average Bonchev–Trinajstić information content (AvgIpc) is 3.29. The predicted octanol–water partition coefficient (Wildman–Crippen LogP) is -0.986. The highest BCUT2D eigenvalue weighted by Gasteiger charge is 2.29. The second-order valence-corrected chi connectivity index (χ2v) is 8.17. The SMILES string of the molecule is CCC(C)C(N)C(=O)NC(C)C(=O)NC(CCCCN)C(=O)NC(Cc1cnc[nH]1)C(=O)O. The molecule has 0 aliphatic heterocycles. The molecule has 5 unspecified atom stereocenters. The van der Waals surface area contributed by atoms with Gasteiger partial charge < -0.3 is 37.5 Å². The van der Waals surface area contributed by atoms with Gasteiger partial charge in [0.05, 0.1) is 12.4 Å². The number of nitrogens with one attached hydrogen (secondary N) is 4. The Morgan fingerprint density at radius 2 is 1.73 bits per heavy atom. The Balaban J connectivity index is 2.81. The third-order valence-electron chi connectivity index (χ3n) is 5.49. The van der Waals surface area contributed by atoms with Crippen LogP contribution in [-0.4, -0.2) is 69.5 Å². The fraction of sp³-hybridized carbons (Fsp3) is 0.667. The van der Waals surface area contributed by atoms with Crippen molar-refractivity contribution in [3.05, 3.63) is 18.2 Å². The maximum absolute atomic E-state index is 12.8. The van der Waals surface area contributed by atoms with E-state index in [0.29, 0.717) is 31.5 Å². The lowest BCUT2D eigenvalue weighted by Crippen LogP contribution is -2.57. The number of hydrogen-bond acceptors (Lipinski definition) is 7. The van der Waals surface area contributed by atoms with Gasteiger partial charge in [-0.3, -0.25) is 14.4 Å². The minimum absolute atomic E-state index is 0.00447. The Bertz CT molecular complexity index is 771. The third-order valence-corrected chi connectivity index (χ3v) is 5.49. The lowest BCUT2D eigenvalue weighted by Gasteiger charge is -2.24. The number of carboxylic acid groups (broad SMARTS) is 1. The Morgan fingerprint density at radius 1 is 1.06 bits per heavy atom. The van der Waals surface area contributed by atoms with Crippen LogP contribution in [0.3, 0.4) is 0 Å². The first-order chi connectivity index (χ1) is 15.6. The van der Waals surface area contributed by atoms with Crippen LogP contribution in [0.25, 0.3) is 0 Å². The van der Waals surface area contributed by atoms with Gasteiger partial charge in [0.1, 0.15) is 18.1 Å². The summed E-state index contributed by atoms with van der Waals surface area (Å²) in [4.78, 5) is 56.0. The number of rotatable bonds is 15. The molecule has 0 fully saturated rings. The number of carbonyl (C=O) groups is 4. The zero-order valence-electron chi connectivity index (χ0n) is 19.5. The molecular weight excluding hydrogens is 430 g/mol. The first-order valence-electron chi connectivity index (χ1n) is 11.2. The predicted molar refractivity (Wildman–Crippen MR) is 122 cm³/mol. The third kappa shape index (κ3) is 9.58. The van der Waals surface area contributed by atoms with Gasteiger partial charge in [0, 0.05) is 18.3 Å². The highest BCUT2D eigenvalue weighted by Crippen LogP contribution is 2.07. The lowest BCUT2D eigenvalue weighted by atomic mass is 9.99. The lowest BCUT2D eigenvalue weighted by molar-refractivity contribution is -0.142. The zero-order chi connectivity index (χ0) is 25.0. The van der Waals surface area contributed by atoms with E-state index < -0.39 is 47.9 Å². The molecule has 186 valence electrons. The summed E-state index contributed by atoms with van der Waals surface area (Å²) in [5, 5.41) is 17.1. The van der Waals surface area contributed by atoms with Crippen molar-refractivity contribution in [3.8, 4) is 0 Å². The van der Waals surface area contributed by atoms with Gasteiger partial charge in [-0.1, -0.05) is 20.3 Å². The van der Waals surface area contributed by atoms with Crippen molar-refractivity contribution in [1.82, 2.24) is 25.9 Å². The van der Waals surface area contributed by atoms with Crippen LogP contribution in [0.2, 0.25) is 0 Å². The van der Waals surface area contributed by atoms with Crippen molar-refractivity contribution in [2.75, 3.05) is 6.54 Å². The van der Waals surface area contributed by atoms with Gasteiger partial charge in [-0.2, -0.15) is 0 Å². The number of aromatic nitrogens is 2. The summed E-state index contributed by atoms with van der Waals surface area (Å²) in [6.07, 6.45) is 5.04. The van der Waals surface area contributed by atoms with Crippen molar-refractivity contribution >= 4 is 23.7 Å².